The van der Waals surface area contributed by atoms with Crippen molar-refractivity contribution in [3.63, 3.8) is 0 Å². The quantitative estimate of drug-likeness (QED) is 0.857. The van der Waals surface area contributed by atoms with Crippen molar-refractivity contribution in [1.29, 1.82) is 0 Å². The molecule has 1 N–H and O–H groups in total. The van der Waals surface area contributed by atoms with Gasteiger partial charge in [-0.15, -0.1) is 0 Å². The Balaban J connectivity index is 2.51. The second-order valence-electron chi connectivity index (χ2n) is 3.87. The van der Waals surface area contributed by atoms with Crippen LogP contribution in [-0.4, -0.2) is 16.1 Å². The first-order valence-electron chi connectivity index (χ1n) is 5.29. The van der Waals surface area contributed by atoms with Crippen molar-refractivity contribution in [2.24, 2.45) is 0 Å². The standard InChI is InChI=1S/C13H8Cl3NO2/c14-9-1-2-11(15)10(5-9)8-3-7(4-12(18)19)13(16)17-6-8/h1-3,5-6H,4H2,(H,18,19). The van der Waals surface area contributed by atoms with Gasteiger partial charge in [-0.1, -0.05) is 34.8 Å². The average molecular weight is 317 g/mol. The van der Waals surface area contributed by atoms with Gasteiger partial charge in [0, 0.05) is 32.9 Å². The van der Waals surface area contributed by atoms with Crippen molar-refractivity contribution < 1.29 is 9.90 Å². The highest BCUT2D eigenvalue weighted by Crippen LogP contribution is 2.31. The minimum Gasteiger partial charge on any atom is -0.481 e. The van der Waals surface area contributed by atoms with E-state index in [1.54, 1.807) is 24.3 Å². The van der Waals surface area contributed by atoms with Crippen LogP contribution in [0.3, 0.4) is 0 Å². The minimum atomic E-state index is -0.974. The SMILES string of the molecule is O=C(O)Cc1cc(-c2cc(Cl)ccc2Cl)cnc1Cl. The summed E-state index contributed by atoms with van der Waals surface area (Å²) in [6, 6.07) is 6.69. The lowest BCUT2D eigenvalue weighted by Crippen LogP contribution is -2.02. The van der Waals surface area contributed by atoms with Crippen LogP contribution >= 0.6 is 34.8 Å². The zero-order valence-corrected chi connectivity index (χ0v) is 11.8. The maximum absolute atomic E-state index is 10.8. The third-order valence-electron chi connectivity index (χ3n) is 2.49. The molecular formula is C13H8Cl3NO2. The first-order valence-corrected chi connectivity index (χ1v) is 6.42. The zero-order valence-electron chi connectivity index (χ0n) is 9.53. The highest BCUT2D eigenvalue weighted by atomic mass is 35.5. The molecule has 2 aromatic rings. The topological polar surface area (TPSA) is 50.2 Å². The fourth-order valence-corrected chi connectivity index (χ4v) is 2.22. The van der Waals surface area contributed by atoms with Crippen LogP contribution in [0, 0.1) is 0 Å². The number of carbonyl (C=O) groups is 1. The Kier molecular flexibility index (Phi) is 4.30. The molecule has 0 bridgehead atoms. The lowest BCUT2D eigenvalue weighted by atomic mass is 10.0. The molecule has 2 rings (SSSR count). The van der Waals surface area contributed by atoms with E-state index in [0.29, 0.717) is 26.7 Å². The van der Waals surface area contributed by atoms with E-state index in [0.717, 1.165) is 0 Å². The van der Waals surface area contributed by atoms with Crippen LogP contribution in [0.4, 0.5) is 0 Å². The summed E-state index contributed by atoms with van der Waals surface area (Å²) in [6.07, 6.45) is 1.34. The van der Waals surface area contributed by atoms with Gasteiger partial charge in [0.15, 0.2) is 0 Å². The summed E-state index contributed by atoms with van der Waals surface area (Å²) in [5, 5.41) is 10.0. The van der Waals surface area contributed by atoms with Crippen LogP contribution in [0.1, 0.15) is 5.56 Å². The average Bonchev–Trinajstić information content (AvgIpc) is 2.34. The van der Waals surface area contributed by atoms with Gasteiger partial charge in [-0.2, -0.15) is 0 Å². The van der Waals surface area contributed by atoms with Crippen LogP contribution in [0.15, 0.2) is 30.5 Å². The van der Waals surface area contributed by atoms with Crippen molar-refractivity contribution >= 4 is 40.8 Å². The fourth-order valence-electron chi connectivity index (χ4n) is 1.65. The highest BCUT2D eigenvalue weighted by Gasteiger charge is 2.11. The Morgan fingerprint density at radius 2 is 1.95 bits per heavy atom. The van der Waals surface area contributed by atoms with Gasteiger partial charge in [0.05, 0.1) is 6.42 Å². The third kappa shape index (κ3) is 3.38. The van der Waals surface area contributed by atoms with Gasteiger partial charge in [-0.05, 0) is 24.3 Å². The van der Waals surface area contributed by atoms with Crippen LogP contribution < -0.4 is 0 Å². The van der Waals surface area contributed by atoms with Crippen LogP contribution in [0.2, 0.25) is 15.2 Å². The normalized spacial score (nSPS) is 10.5. The third-order valence-corrected chi connectivity index (χ3v) is 3.40. The first-order chi connectivity index (χ1) is 8.97. The molecule has 0 saturated carbocycles. The maximum Gasteiger partial charge on any atom is 0.307 e. The van der Waals surface area contributed by atoms with Gasteiger partial charge in [0.1, 0.15) is 5.15 Å². The Labute approximate surface area is 124 Å². The van der Waals surface area contributed by atoms with E-state index in [4.69, 9.17) is 39.9 Å². The molecule has 0 aliphatic rings. The van der Waals surface area contributed by atoms with Gasteiger partial charge in [-0.25, -0.2) is 4.98 Å². The molecule has 1 aromatic heterocycles. The maximum atomic E-state index is 10.8. The van der Waals surface area contributed by atoms with E-state index < -0.39 is 5.97 Å². The van der Waals surface area contributed by atoms with E-state index in [2.05, 4.69) is 4.98 Å². The number of halogens is 3. The van der Waals surface area contributed by atoms with E-state index in [-0.39, 0.29) is 11.6 Å². The molecule has 6 heteroatoms. The van der Waals surface area contributed by atoms with Gasteiger partial charge in [0.25, 0.3) is 0 Å². The molecule has 0 unspecified atom stereocenters. The number of benzene rings is 1. The van der Waals surface area contributed by atoms with Crippen molar-refractivity contribution in [1.82, 2.24) is 4.98 Å². The Morgan fingerprint density at radius 1 is 1.21 bits per heavy atom. The first kappa shape index (κ1) is 14.1. The van der Waals surface area contributed by atoms with E-state index in [9.17, 15) is 4.79 Å². The monoisotopic (exact) mass is 315 g/mol. The molecule has 3 nitrogen and oxygen atoms in total. The number of carboxylic acids is 1. The Bertz CT molecular complexity index is 644. The number of hydrogen-bond donors (Lipinski definition) is 1. The summed E-state index contributed by atoms with van der Waals surface area (Å²) in [5.74, 6) is -0.974. The van der Waals surface area contributed by atoms with Crippen molar-refractivity contribution in [3.8, 4) is 11.1 Å². The number of rotatable bonds is 3. The van der Waals surface area contributed by atoms with E-state index >= 15 is 0 Å². The molecule has 98 valence electrons. The minimum absolute atomic E-state index is 0.171. The highest BCUT2D eigenvalue weighted by molar-refractivity contribution is 6.35. The summed E-state index contributed by atoms with van der Waals surface area (Å²) in [6.45, 7) is 0. The second-order valence-corrected chi connectivity index (χ2v) is 5.07. The van der Waals surface area contributed by atoms with Crippen LogP contribution in [0.5, 0.6) is 0 Å². The molecule has 0 aliphatic heterocycles. The zero-order chi connectivity index (χ0) is 14.0. The predicted octanol–water partition coefficient (Wildman–Crippen LogP) is 4.34. The number of nitrogens with zero attached hydrogens (tertiary/aromatic N) is 1. The molecule has 1 heterocycles. The molecule has 0 fully saturated rings. The van der Waals surface area contributed by atoms with Crippen molar-refractivity contribution in [3.05, 3.63) is 51.2 Å². The van der Waals surface area contributed by atoms with Crippen molar-refractivity contribution in [2.75, 3.05) is 0 Å². The number of pyridine rings is 1. The lowest BCUT2D eigenvalue weighted by molar-refractivity contribution is -0.136. The lowest BCUT2D eigenvalue weighted by Gasteiger charge is -2.08. The molecule has 0 saturated heterocycles. The van der Waals surface area contributed by atoms with Gasteiger partial charge < -0.3 is 5.11 Å². The molecule has 1 aromatic carbocycles. The van der Waals surface area contributed by atoms with Crippen LogP contribution in [0.25, 0.3) is 11.1 Å². The number of aliphatic carboxylic acids is 1. The van der Waals surface area contributed by atoms with Crippen molar-refractivity contribution in [2.45, 2.75) is 6.42 Å². The van der Waals surface area contributed by atoms with E-state index in [1.165, 1.54) is 6.20 Å². The largest absolute Gasteiger partial charge is 0.481 e. The summed E-state index contributed by atoms with van der Waals surface area (Å²) >= 11 is 17.9. The molecule has 0 amide bonds. The number of aromatic nitrogens is 1. The number of carboxylic acid groups (broad SMARTS) is 1. The fraction of sp³-hybridized carbons (Fsp3) is 0.0769. The second kappa shape index (κ2) is 5.78. The molecule has 0 atom stereocenters. The molecule has 0 radical (unpaired) electrons. The smallest absolute Gasteiger partial charge is 0.307 e. The molecule has 0 aliphatic carbocycles. The summed E-state index contributed by atoms with van der Waals surface area (Å²) in [4.78, 5) is 14.7. The summed E-state index contributed by atoms with van der Waals surface area (Å²) in [7, 11) is 0. The predicted molar refractivity (Wildman–Crippen MR) is 76.0 cm³/mol. The Morgan fingerprint density at radius 3 is 2.63 bits per heavy atom. The molecule has 19 heavy (non-hydrogen) atoms. The van der Waals surface area contributed by atoms with Gasteiger partial charge >= 0.3 is 5.97 Å². The van der Waals surface area contributed by atoms with E-state index in [1.807, 2.05) is 0 Å². The number of hydrogen-bond acceptors (Lipinski definition) is 2. The summed E-state index contributed by atoms with van der Waals surface area (Å²) in [5.41, 5.74) is 1.79. The Hall–Kier alpha value is -1.29. The van der Waals surface area contributed by atoms with Gasteiger partial charge in [-0.3, -0.25) is 4.79 Å². The molecular weight excluding hydrogens is 309 g/mol. The summed E-state index contributed by atoms with van der Waals surface area (Å²) < 4.78 is 0. The molecule has 0 spiro atoms. The van der Waals surface area contributed by atoms with Crippen LogP contribution in [-0.2, 0) is 11.2 Å². The van der Waals surface area contributed by atoms with Gasteiger partial charge in [0.2, 0.25) is 0 Å².